The Morgan fingerprint density at radius 2 is 1.00 bits per heavy atom. The van der Waals surface area contributed by atoms with E-state index in [2.05, 4.69) is 56.1 Å². The van der Waals surface area contributed by atoms with E-state index in [9.17, 15) is 9.59 Å². The highest BCUT2D eigenvalue weighted by atomic mass is 79.9. The van der Waals surface area contributed by atoms with E-state index >= 15 is 0 Å². The Kier molecular flexibility index (Phi) is 5.04. The maximum Gasteiger partial charge on any atom is 0.239 e. The van der Waals surface area contributed by atoms with Crippen LogP contribution in [0.25, 0.3) is 0 Å². The number of ether oxygens (including phenoxy) is 1. The zero-order valence-electron chi connectivity index (χ0n) is 19.2. The zero-order chi connectivity index (χ0) is 25.5. The summed E-state index contributed by atoms with van der Waals surface area (Å²) in [7, 11) is 0. The van der Waals surface area contributed by atoms with Crippen molar-refractivity contribution in [2.24, 2.45) is 11.8 Å². The average molecular weight is 636 g/mol. The minimum Gasteiger partial charge on any atom is -0.457 e. The Morgan fingerprint density at radius 1 is 0.622 bits per heavy atom. The first kappa shape index (κ1) is 23.2. The van der Waals surface area contributed by atoms with E-state index in [0.717, 1.165) is 22.3 Å². The van der Waals surface area contributed by atoms with E-state index < -0.39 is 20.5 Å². The number of halogens is 3. The minimum atomic E-state index is -0.806. The molecule has 3 aliphatic carbocycles. The van der Waals surface area contributed by atoms with Gasteiger partial charge < -0.3 is 4.74 Å². The molecule has 8 rings (SSSR count). The molecular formula is C30H18Br2ClNO3. The van der Waals surface area contributed by atoms with Gasteiger partial charge in [-0.1, -0.05) is 92.0 Å². The summed E-state index contributed by atoms with van der Waals surface area (Å²) in [6.07, 6.45) is 0. The molecule has 1 saturated heterocycles. The summed E-state index contributed by atoms with van der Waals surface area (Å²) in [5, 5.41) is 0.627. The van der Waals surface area contributed by atoms with Crippen molar-refractivity contribution in [1.29, 1.82) is 0 Å². The molecule has 0 unspecified atom stereocenters. The lowest BCUT2D eigenvalue weighted by molar-refractivity contribution is -0.122. The fourth-order valence-corrected chi connectivity index (χ4v) is 8.65. The van der Waals surface area contributed by atoms with Crippen molar-refractivity contribution in [3.8, 4) is 11.5 Å². The van der Waals surface area contributed by atoms with Gasteiger partial charge in [0.05, 0.1) is 26.2 Å². The zero-order valence-corrected chi connectivity index (χ0v) is 23.1. The SMILES string of the molecule is O=C1[C@H]2[C@H](C(=O)N1c1ccc(Oc3ccc(Cl)cc3)cc1)C1(Br)c3ccccc3C2(Br)c2ccccc21. The lowest BCUT2D eigenvalue weighted by atomic mass is 9.54. The second-order valence-electron chi connectivity index (χ2n) is 9.53. The minimum absolute atomic E-state index is 0.217. The molecular weight excluding hydrogens is 618 g/mol. The molecule has 37 heavy (non-hydrogen) atoms. The highest BCUT2D eigenvalue weighted by Crippen LogP contribution is 2.70. The smallest absolute Gasteiger partial charge is 0.239 e. The third-order valence-electron chi connectivity index (χ3n) is 7.73. The Bertz CT molecular complexity index is 1480. The van der Waals surface area contributed by atoms with E-state index in [0.29, 0.717) is 22.2 Å². The predicted molar refractivity (Wildman–Crippen MR) is 150 cm³/mol. The quantitative estimate of drug-likeness (QED) is 0.173. The van der Waals surface area contributed by atoms with Crippen LogP contribution in [0.4, 0.5) is 5.69 Å². The third-order valence-corrected chi connectivity index (χ3v) is 10.7. The van der Waals surface area contributed by atoms with E-state index in [1.807, 2.05) is 24.3 Å². The molecule has 182 valence electrons. The van der Waals surface area contributed by atoms with Crippen LogP contribution in [0.3, 0.4) is 0 Å². The van der Waals surface area contributed by atoms with Gasteiger partial charge >= 0.3 is 0 Å². The third kappa shape index (κ3) is 3.01. The maximum atomic E-state index is 14.1. The topological polar surface area (TPSA) is 46.6 Å². The van der Waals surface area contributed by atoms with Gasteiger partial charge in [0.1, 0.15) is 11.5 Å². The van der Waals surface area contributed by atoms with Gasteiger partial charge in [0, 0.05) is 5.02 Å². The number of hydrogen-bond donors (Lipinski definition) is 0. The molecule has 1 heterocycles. The van der Waals surface area contributed by atoms with Crippen LogP contribution < -0.4 is 9.64 Å². The van der Waals surface area contributed by atoms with Crippen molar-refractivity contribution < 1.29 is 14.3 Å². The molecule has 2 amide bonds. The number of imide groups is 1. The van der Waals surface area contributed by atoms with Gasteiger partial charge in [-0.05, 0) is 70.8 Å². The van der Waals surface area contributed by atoms with Crippen LogP contribution in [0.5, 0.6) is 11.5 Å². The number of anilines is 1. The van der Waals surface area contributed by atoms with Crippen LogP contribution in [-0.2, 0) is 18.2 Å². The predicted octanol–water partition coefficient (Wildman–Crippen LogP) is 7.54. The second-order valence-corrected chi connectivity index (χ2v) is 12.5. The summed E-state index contributed by atoms with van der Waals surface area (Å²) in [4.78, 5) is 29.6. The van der Waals surface area contributed by atoms with Crippen molar-refractivity contribution in [3.05, 3.63) is 124 Å². The fourth-order valence-electron chi connectivity index (χ4n) is 6.22. The van der Waals surface area contributed by atoms with E-state index in [1.165, 1.54) is 4.90 Å². The Balaban J connectivity index is 1.31. The van der Waals surface area contributed by atoms with E-state index in [1.54, 1.807) is 48.5 Å². The Morgan fingerprint density at radius 3 is 1.41 bits per heavy atom. The van der Waals surface area contributed by atoms with Crippen molar-refractivity contribution in [2.45, 2.75) is 8.65 Å². The summed E-state index contributed by atoms with van der Waals surface area (Å²) >= 11 is 14.0. The molecule has 7 heteroatoms. The van der Waals surface area contributed by atoms with Crippen molar-refractivity contribution in [1.82, 2.24) is 0 Å². The molecule has 4 nitrogen and oxygen atoms in total. The number of alkyl halides is 2. The first-order valence-electron chi connectivity index (χ1n) is 11.8. The number of carbonyl (C=O) groups excluding carboxylic acids is 2. The van der Waals surface area contributed by atoms with E-state index in [4.69, 9.17) is 16.3 Å². The summed E-state index contributed by atoms with van der Waals surface area (Å²) < 4.78 is 4.29. The maximum absolute atomic E-state index is 14.1. The highest BCUT2D eigenvalue weighted by molar-refractivity contribution is 9.10. The van der Waals surface area contributed by atoms with Crippen LogP contribution in [-0.4, -0.2) is 11.8 Å². The van der Waals surface area contributed by atoms with Crippen molar-refractivity contribution >= 4 is 61.0 Å². The summed E-state index contributed by atoms with van der Waals surface area (Å²) in [5.41, 5.74) is 4.58. The first-order valence-corrected chi connectivity index (χ1v) is 13.8. The molecule has 2 atom stereocenters. The molecule has 0 saturated carbocycles. The van der Waals surface area contributed by atoms with Gasteiger partial charge in [0.2, 0.25) is 11.8 Å². The summed E-state index contributed by atoms with van der Waals surface area (Å²) in [6.45, 7) is 0. The number of nitrogens with zero attached hydrogens (tertiary/aromatic N) is 1. The van der Waals surface area contributed by atoms with Crippen molar-refractivity contribution in [2.75, 3.05) is 4.90 Å². The first-order chi connectivity index (χ1) is 17.8. The van der Waals surface area contributed by atoms with E-state index in [-0.39, 0.29) is 11.8 Å². The lowest BCUT2D eigenvalue weighted by Gasteiger charge is -2.55. The molecule has 0 N–H and O–H groups in total. The molecule has 4 aliphatic rings. The molecule has 0 aromatic heterocycles. The van der Waals surface area contributed by atoms with Gasteiger partial charge in [-0.3, -0.25) is 9.59 Å². The Hall–Kier alpha value is -2.93. The summed E-state index contributed by atoms with van der Waals surface area (Å²) in [6, 6.07) is 30.2. The number of carbonyl (C=O) groups is 2. The number of hydrogen-bond acceptors (Lipinski definition) is 3. The molecule has 1 aliphatic heterocycles. The number of benzene rings is 4. The monoisotopic (exact) mass is 633 g/mol. The molecule has 4 aromatic rings. The van der Waals surface area contributed by atoms with Gasteiger partial charge in [0.25, 0.3) is 0 Å². The molecule has 0 spiro atoms. The lowest BCUT2D eigenvalue weighted by Crippen LogP contribution is -2.56. The van der Waals surface area contributed by atoms with Gasteiger partial charge in [-0.15, -0.1) is 0 Å². The second kappa shape index (κ2) is 8.03. The average Bonchev–Trinajstić information content (AvgIpc) is 3.20. The Labute approximate surface area is 235 Å². The normalized spacial score (nSPS) is 27.1. The highest BCUT2D eigenvalue weighted by Gasteiger charge is 2.72. The largest absolute Gasteiger partial charge is 0.457 e. The van der Waals surface area contributed by atoms with Crippen LogP contribution in [0.15, 0.2) is 97.1 Å². The molecule has 4 aromatic carbocycles. The van der Waals surface area contributed by atoms with Gasteiger partial charge in [0.15, 0.2) is 0 Å². The van der Waals surface area contributed by atoms with Crippen LogP contribution in [0.1, 0.15) is 22.3 Å². The van der Waals surface area contributed by atoms with Gasteiger partial charge in [-0.2, -0.15) is 0 Å². The fraction of sp³-hybridized carbons (Fsp3) is 0.133. The number of rotatable bonds is 3. The summed E-state index contributed by atoms with van der Waals surface area (Å²) in [5.74, 6) is -0.400. The molecule has 0 radical (unpaired) electrons. The van der Waals surface area contributed by atoms with Crippen LogP contribution in [0, 0.1) is 11.8 Å². The molecule has 2 bridgehead atoms. The van der Waals surface area contributed by atoms with Crippen LogP contribution in [0.2, 0.25) is 5.02 Å². The number of amides is 2. The molecule has 1 fully saturated rings. The standard InChI is InChI=1S/C30H18Br2ClNO3/c31-29-21-5-1-2-6-22(21)30(32,24-8-4-3-7-23(24)29)26-25(29)27(35)34(28(26)36)18-11-15-20(16-12-18)37-19-13-9-17(33)10-14-19/h1-16,25-26H/t25-,26-,29?,30?/m1/s1. The van der Waals surface area contributed by atoms with Crippen molar-refractivity contribution in [3.63, 3.8) is 0 Å². The van der Waals surface area contributed by atoms with Gasteiger partial charge in [-0.25, -0.2) is 4.90 Å². The van der Waals surface area contributed by atoms with Crippen LogP contribution >= 0.6 is 43.5 Å².